The predicted octanol–water partition coefficient (Wildman–Crippen LogP) is 2.95. The fraction of sp³-hybridized carbons (Fsp3) is 0.235. The van der Waals surface area contributed by atoms with E-state index in [4.69, 9.17) is 4.74 Å². The van der Waals surface area contributed by atoms with E-state index in [1.807, 2.05) is 30.3 Å². The third-order valence-corrected chi connectivity index (χ3v) is 3.05. The molecule has 0 saturated heterocycles. The Morgan fingerprint density at radius 2 is 1.81 bits per heavy atom. The summed E-state index contributed by atoms with van der Waals surface area (Å²) in [7, 11) is 0. The Bertz CT molecular complexity index is 569. The molecule has 21 heavy (non-hydrogen) atoms. The number of benzene rings is 2. The van der Waals surface area contributed by atoms with Crippen molar-refractivity contribution in [2.45, 2.75) is 19.4 Å². The first kappa shape index (κ1) is 15.0. The summed E-state index contributed by atoms with van der Waals surface area (Å²) in [4.78, 5) is 11.9. The number of ether oxygens (including phenoxy) is 1. The van der Waals surface area contributed by atoms with E-state index in [9.17, 15) is 9.18 Å². The lowest BCUT2D eigenvalue weighted by Crippen LogP contribution is -2.37. The van der Waals surface area contributed by atoms with E-state index in [-0.39, 0.29) is 11.7 Å². The summed E-state index contributed by atoms with van der Waals surface area (Å²) >= 11 is 0. The lowest BCUT2D eigenvalue weighted by Gasteiger charge is -2.14. The van der Waals surface area contributed by atoms with Crippen molar-refractivity contribution in [2.75, 3.05) is 6.54 Å². The molecule has 0 unspecified atom stereocenters. The Hall–Kier alpha value is -2.36. The van der Waals surface area contributed by atoms with Crippen LogP contribution in [0.25, 0.3) is 0 Å². The highest BCUT2D eigenvalue weighted by Gasteiger charge is 2.13. The van der Waals surface area contributed by atoms with Crippen LogP contribution in [0.3, 0.4) is 0 Å². The molecule has 1 atom stereocenters. The van der Waals surface area contributed by atoms with Crippen LogP contribution < -0.4 is 10.1 Å². The average molecular weight is 287 g/mol. The van der Waals surface area contributed by atoms with Crippen LogP contribution in [0.2, 0.25) is 0 Å². The van der Waals surface area contributed by atoms with Gasteiger partial charge < -0.3 is 10.1 Å². The van der Waals surface area contributed by atoms with E-state index in [2.05, 4.69) is 5.32 Å². The molecule has 0 aliphatic heterocycles. The summed E-state index contributed by atoms with van der Waals surface area (Å²) in [5.41, 5.74) is 0.980. The van der Waals surface area contributed by atoms with E-state index in [0.717, 1.165) is 5.56 Å². The number of hydrogen-bond acceptors (Lipinski definition) is 2. The fourth-order valence-corrected chi connectivity index (χ4v) is 1.88. The summed E-state index contributed by atoms with van der Waals surface area (Å²) in [6, 6.07) is 15.5. The number of amides is 1. The fourth-order valence-electron chi connectivity index (χ4n) is 1.88. The second-order valence-electron chi connectivity index (χ2n) is 4.74. The molecule has 0 aliphatic carbocycles. The predicted molar refractivity (Wildman–Crippen MR) is 79.6 cm³/mol. The highest BCUT2D eigenvalue weighted by atomic mass is 19.1. The maximum atomic E-state index is 12.8. The van der Waals surface area contributed by atoms with Crippen molar-refractivity contribution in [1.82, 2.24) is 5.32 Å². The first-order valence-electron chi connectivity index (χ1n) is 6.89. The maximum absolute atomic E-state index is 12.8. The van der Waals surface area contributed by atoms with E-state index in [1.165, 1.54) is 12.1 Å². The number of halogens is 1. The quantitative estimate of drug-likeness (QED) is 0.887. The molecular formula is C17H18FNO2. The number of hydrogen-bond donors (Lipinski definition) is 1. The van der Waals surface area contributed by atoms with Gasteiger partial charge in [0.05, 0.1) is 0 Å². The first-order valence-corrected chi connectivity index (χ1v) is 6.89. The maximum Gasteiger partial charge on any atom is 0.260 e. The minimum absolute atomic E-state index is 0.166. The van der Waals surface area contributed by atoms with Crippen LogP contribution in [0.1, 0.15) is 12.5 Å². The van der Waals surface area contributed by atoms with Gasteiger partial charge in [0.15, 0.2) is 6.10 Å². The van der Waals surface area contributed by atoms with E-state index < -0.39 is 6.10 Å². The van der Waals surface area contributed by atoms with Crippen molar-refractivity contribution in [1.29, 1.82) is 0 Å². The van der Waals surface area contributed by atoms with Crippen molar-refractivity contribution < 1.29 is 13.9 Å². The van der Waals surface area contributed by atoms with Gasteiger partial charge in [-0.1, -0.05) is 30.3 Å². The molecule has 1 N–H and O–H groups in total. The summed E-state index contributed by atoms with van der Waals surface area (Å²) in [5.74, 6) is 0.243. The normalized spacial score (nSPS) is 11.7. The van der Waals surface area contributed by atoms with E-state index >= 15 is 0 Å². The van der Waals surface area contributed by atoms with Crippen LogP contribution in [0.15, 0.2) is 54.6 Å². The summed E-state index contributed by atoms with van der Waals surface area (Å²) in [5, 5.41) is 2.81. The van der Waals surface area contributed by atoms with Crippen LogP contribution >= 0.6 is 0 Å². The van der Waals surface area contributed by atoms with Crippen molar-refractivity contribution in [3.05, 3.63) is 66.0 Å². The van der Waals surface area contributed by atoms with Crippen LogP contribution in [0, 0.1) is 5.82 Å². The molecule has 0 saturated carbocycles. The van der Waals surface area contributed by atoms with Crippen LogP contribution in [-0.2, 0) is 11.2 Å². The van der Waals surface area contributed by atoms with E-state index in [1.54, 1.807) is 19.1 Å². The standard InChI is InChI=1S/C17H18FNO2/c1-13(21-16-5-3-2-4-6-16)17(20)19-12-11-14-7-9-15(18)10-8-14/h2-10,13H,11-12H2,1H3,(H,19,20)/t13-/m1/s1. The second-order valence-corrected chi connectivity index (χ2v) is 4.74. The Morgan fingerprint density at radius 3 is 2.48 bits per heavy atom. The van der Waals surface area contributed by atoms with Gasteiger partial charge in [-0.25, -0.2) is 4.39 Å². The third kappa shape index (κ3) is 4.91. The zero-order valence-corrected chi connectivity index (χ0v) is 11.9. The largest absolute Gasteiger partial charge is 0.481 e. The summed E-state index contributed by atoms with van der Waals surface area (Å²) < 4.78 is 18.3. The average Bonchev–Trinajstić information content (AvgIpc) is 2.50. The Labute approximate surface area is 123 Å². The zero-order valence-electron chi connectivity index (χ0n) is 11.9. The van der Waals surface area contributed by atoms with Gasteiger partial charge in [-0.3, -0.25) is 4.79 Å². The molecule has 0 radical (unpaired) electrons. The molecule has 1 amide bonds. The molecule has 2 rings (SSSR count). The molecule has 0 fully saturated rings. The highest BCUT2D eigenvalue weighted by molar-refractivity contribution is 5.80. The van der Waals surface area contributed by atoms with E-state index in [0.29, 0.717) is 18.7 Å². The van der Waals surface area contributed by atoms with Gasteiger partial charge in [-0.2, -0.15) is 0 Å². The van der Waals surface area contributed by atoms with Crippen molar-refractivity contribution in [2.24, 2.45) is 0 Å². The topological polar surface area (TPSA) is 38.3 Å². The molecule has 2 aromatic carbocycles. The molecule has 0 aliphatic rings. The van der Waals surface area contributed by atoms with Gasteiger partial charge in [-0.05, 0) is 43.2 Å². The minimum Gasteiger partial charge on any atom is -0.481 e. The van der Waals surface area contributed by atoms with Gasteiger partial charge in [0.2, 0.25) is 0 Å². The minimum atomic E-state index is -0.555. The molecule has 4 heteroatoms. The highest BCUT2D eigenvalue weighted by Crippen LogP contribution is 2.10. The lowest BCUT2D eigenvalue weighted by molar-refractivity contribution is -0.127. The molecule has 3 nitrogen and oxygen atoms in total. The Kier molecular flexibility index (Phi) is 5.32. The Morgan fingerprint density at radius 1 is 1.14 bits per heavy atom. The van der Waals surface area contributed by atoms with Crippen LogP contribution in [-0.4, -0.2) is 18.6 Å². The van der Waals surface area contributed by atoms with Gasteiger partial charge in [0.25, 0.3) is 5.91 Å². The molecular weight excluding hydrogens is 269 g/mol. The van der Waals surface area contributed by atoms with Crippen molar-refractivity contribution in [3.63, 3.8) is 0 Å². The number of carbonyl (C=O) groups excluding carboxylic acids is 1. The van der Waals surface area contributed by atoms with Crippen LogP contribution in [0.5, 0.6) is 5.75 Å². The lowest BCUT2D eigenvalue weighted by atomic mass is 10.1. The molecule has 0 bridgehead atoms. The number of para-hydroxylation sites is 1. The van der Waals surface area contributed by atoms with Gasteiger partial charge in [-0.15, -0.1) is 0 Å². The van der Waals surface area contributed by atoms with Crippen LogP contribution in [0.4, 0.5) is 4.39 Å². The molecule has 0 aromatic heterocycles. The van der Waals surface area contributed by atoms with Crippen molar-refractivity contribution >= 4 is 5.91 Å². The number of nitrogens with one attached hydrogen (secondary N) is 1. The monoisotopic (exact) mass is 287 g/mol. The number of carbonyl (C=O) groups is 1. The molecule has 110 valence electrons. The van der Waals surface area contributed by atoms with Gasteiger partial charge in [0, 0.05) is 6.54 Å². The summed E-state index contributed by atoms with van der Waals surface area (Å²) in [6.07, 6.45) is 0.102. The number of rotatable bonds is 6. The van der Waals surface area contributed by atoms with Gasteiger partial charge >= 0.3 is 0 Å². The molecule has 0 spiro atoms. The van der Waals surface area contributed by atoms with Gasteiger partial charge in [0.1, 0.15) is 11.6 Å². The second kappa shape index (κ2) is 7.43. The molecule has 0 heterocycles. The van der Waals surface area contributed by atoms with Crippen molar-refractivity contribution in [3.8, 4) is 5.75 Å². The summed E-state index contributed by atoms with van der Waals surface area (Å²) in [6.45, 7) is 2.20. The molecule has 2 aromatic rings. The first-order chi connectivity index (χ1) is 10.1. The SMILES string of the molecule is C[C@@H](Oc1ccccc1)C(=O)NCCc1ccc(F)cc1. The third-order valence-electron chi connectivity index (χ3n) is 3.05. The Balaban J connectivity index is 1.75. The smallest absolute Gasteiger partial charge is 0.260 e. The zero-order chi connectivity index (χ0) is 15.1.